The summed E-state index contributed by atoms with van der Waals surface area (Å²) in [5.41, 5.74) is 4.70. The highest BCUT2D eigenvalue weighted by Gasteiger charge is 3.16. The van der Waals surface area contributed by atoms with Crippen LogP contribution in [0.3, 0.4) is 0 Å². The zero-order chi connectivity index (χ0) is 21.3. The topological polar surface area (TPSA) is 0 Å². The van der Waals surface area contributed by atoms with E-state index in [0.717, 1.165) is 23.7 Å². The standard InChI is InChI=1S/C28H46/c1-15-16(2)20(6)19(15,5)23(9)24(20,10)28(14)26(12)22(8)18(4)17(3)21(22,7)25(26,11)27(23,28)13/h15-18H,1-14H3. The van der Waals surface area contributed by atoms with Crippen LogP contribution in [-0.4, -0.2) is 0 Å². The van der Waals surface area contributed by atoms with Crippen LogP contribution in [0.4, 0.5) is 0 Å². The van der Waals surface area contributed by atoms with Gasteiger partial charge in [-0.05, 0) is 77.8 Å². The van der Waals surface area contributed by atoms with Crippen molar-refractivity contribution in [1.82, 2.24) is 0 Å². The molecule has 6 aliphatic rings. The SMILES string of the molecule is CC1C(C)C2(C)C1(C)C1(C)C2(C)C2(C)C3(C)C4(C)C(C)C(C)C4(C)C3(C)C12C. The fourth-order valence-electron chi connectivity index (χ4n) is 16.5. The van der Waals surface area contributed by atoms with Crippen molar-refractivity contribution in [2.45, 2.75) is 96.9 Å². The Hall–Kier alpha value is 0. The Morgan fingerprint density at radius 3 is 0.571 bits per heavy atom. The zero-order valence-corrected chi connectivity index (χ0v) is 21.3. The Balaban J connectivity index is 1.66. The molecule has 6 aliphatic carbocycles. The lowest BCUT2D eigenvalue weighted by Crippen LogP contribution is -3.15. The third kappa shape index (κ3) is 0.732. The molecule has 0 amide bonds. The summed E-state index contributed by atoms with van der Waals surface area (Å²) in [5, 5.41) is 0. The van der Waals surface area contributed by atoms with Gasteiger partial charge in [-0.15, -0.1) is 0 Å². The molecule has 0 spiro atoms. The predicted octanol–water partition coefficient (Wildman–Crippen LogP) is 7.68. The van der Waals surface area contributed by atoms with Crippen molar-refractivity contribution in [3.63, 3.8) is 0 Å². The van der Waals surface area contributed by atoms with Gasteiger partial charge in [-0.25, -0.2) is 0 Å². The van der Waals surface area contributed by atoms with Gasteiger partial charge in [0.25, 0.3) is 0 Å². The fourth-order valence-corrected chi connectivity index (χ4v) is 16.5. The van der Waals surface area contributed by atoms with Crippen LogP contribution < -0.4 is 0 Å². The van der Waals surface area contributed by atoms with Gasteiger partial charge in [0.05, 0.1) is 0 Å². The molecule has 0 aliphatic heterocycles. The van der Waals surface area contributed by atoms with Gasteiger partial charge in [0.2, 0.25) is 0 Å². The minimum absolute atomic E-state index is 0.446. The molecule has 12 unspecified atom stereocenters. The van der Waals surface area contributed by atoms with Gasteiger partial charge in [-0.1, -0.05) is 96.9 Å². The molecule has 0 radical (unpaired) electrons. The summed E-state index contributed by atoms with van der Waals surface area (Å²) in [6, 6.07) is 0. The summed E-state index contributed by atoms with van der Waals surface area (Å²) in [5.74, 6) is 3.41. The van der Waals surface area contributed by atoms with Crippen molar-refractivity contribution in [2.24, 2.45) is 77.8 Å². The molecule has 0 N–H and O–H groups in total. The highest BCUT2D eigenvalue weighted by Crippen LogP contribution is 3.19. The molecule has 6 rings (SSSR count). The second kappa shape index (κ2) is 3.52. The molecule has 0 bridgehead atoms. The largest absolute Gasteiger partial charge is 0.0617 e. The van der Waals surface area contributed by atoms with Crippen LogP contribution in [0.5, 0.6) is 0 Å². The first kappa shape index (κ1) is 18.7. The lowest BCUT2D eigenvalue weighted by molar-refractivity contribution is -0.722. The van der Waals surface area contributed by atoms with Gasteiger partial charge in [-0.3, -0.25) is 0 Å². The van der Waals surface area contributed by atoms with Gasteiger partial charge in [-0.2, -0.15) is 0 Å². The Morgan fingerprint density at radius 2 is 0.429 bits per heavy atom. The van der Waals surface area contributed by atoms with E-state index < -0.39 is 0 Å². The molecule has 0 nitrogen and oxygen atoms in total. The van der Waals surface area contributed by atoms with Crippen LogP contribution in [0.1, 0.15) is 96.9 Å². The maximum absolute atomic E-state index is 2.78. The lowest BCUT2D eigenvalue weighted by atomic mass is 8.85. The van der Waals surface area contributed by atoms with Gasteiger partial charge in [0.15, 0.2) is 0 Å². The molecule has 6 saturated carbocycles. The normalized spacial score (nSPS) is 85.5. The summed E-state index contributed by atoms with van der Waals surface area (Å²) in [6.07, 6.45) is 0. The second-order valence-electron chi connectivity index (χ2n) is 14.7. The molecule has 6 fully saturated rings. The molecule has 0 heteroatoms. The molecule has 0 saturated heterocycles. The van der Waals surface area contributed by atoms with Crippen LogP contribution in [-0.2, 0) is 0 Å². The van der Waals surface area contributed by atoms with Crippen LogP contribution in [0.15, 0.2) is 0 Å². The van der Waals surface area contributed by atoms with Gasteiger partial charge >= 0.3 is 0 Å². The van der Waals surface area contributed by atoms with E-state index in [2.05, 4.69) is 96.9 Å². The van der Waals surface area contributed by atoms with Crippen LogP contribution >= 0.6 is 0 Å². The molecule has 0 heterocycles. The molecule has 28 heavy (non-hydrogen) atoms. The summed E-state index contributed by atoms with van der Waals surface area (Å²) in [7, 11) is 0. The smallest absolute Gasteiger partial charge is 0.0131 e. The first-order valence-corrected chi connectivity index (χ1v) is 12.4. The first-order valence-electron chi connectivity index (χ1n) is 12.4. The highest BCUT2D eigenvalue weighted by atomic mass is 15.2. The van der Waals surface area contributed by atoms with E-state index in [-0.39, 0.29) is 0 Å². The summed E-state index contributed by atoms with van der Waals surface area (Å²) < 4.78 is 0. The van der Waals surface area contributed by atoms with E-state index in [1.54, 1.807) is 0 Å². The minimum Gasteiger partial charge on any atom is -0.0617 e. The van der Waals surface area contributed by atoms with Crippen LogP contribution in [0.25, 0.3) is 0 Å². The van der Waals surface area contributed by atoms with E-state index >= 15 is 0 Å². The molecule has 0 aromatic rings. The summed E-state index contributed by atoms with van der Waals surface area (Å²) >= 11 is 0. The third-order valence-corrected chi connectivity index (χ3v) is 18.5. The number of fused-ring (bicyclic) bond motifs is 13. The van der Waals surface area contributed by atoms with E-state index in [1.165, 1.54) is 0 Å². The van der Waals surface area contributed by atoms with Gasteiger partial charge < -0.3 is 0 Å². The number of rotatable bonds is 0. The maximum atomic E-state index is 2.78. The molecule has 0 aromatic carbocycles. The van der Waals surface area contributed by atoms with E-state index in [0.29, 0.717) is 54.1 Å². The molecular formula is C28H46. The van der Waals surface area contributed by atoms with Crippen LogP contribution in [0, 0.1) is 77.8 Å². The molecule has 158 valence electrons. The average molecular weight is 383 g/mol. The lowest BCUT2D eigenvalue weighted by Gasteiger charge is -3.18. The van der Waals surface area contributed by atoms with Crippen molar-refractivity contribution in [2.75, 3.05) is 0 Å². The molecule has 12 atom stereocenters. The van der Waals surface area contributed by atoms with E-state index in [4.69, 9.17) is 0 Å². The van der Waals surface area contributed by atoms with Crippen molar-refractivity contribution < 1.29 is 0 Å². The average Bonchev–Trinajstić information content (AvgIpc) is 2.69. The Kier molecular flexibility index (Phi) is 2.36. The number of hydrogen-bond acceptors (Lipinski definition) is 0. The maximum Gasteiger partial charge on any atom is -0.0131 e. The van der Waals surface area contributed by atoms with Crippen molar-refractivity contribution >= 4 is 0 Å². The van der Waals surface area contributed by atoms with E-state index in [1.807, 2.05) is 0 Å². The van der Waals surface area contributed by atoms with Gasteiger partial charge in [0.1, 0.15) is 0 Å². The quantitative estimate of drug-likeness (QED) is 0.377. The molecule has 0 aromatic heterocycles. The van der Waals surface area contributed by atoms with Crippen molar-refractivity contribution in [1.29, 1.82) is 0 Å². The third-order valence-electron chi connectivity index (χ3n) is 18.5. The Bertz CT molecular complexity index is 748. The van der Waals surface area contributed by atoms with Crippen molar-refractivity contribution in [3.05, 3.63) is 0 Å². The number of hydrogen-bond donors (Lipinski definition) is 0. The summed E-state index contributed by atoms with van der Waals surface area (Å²) in [6.45, 7) is 37.7. The van der Waals surface area contributed by atoms with Crippen LogP contribution in [0.2, 0.25) is 0 Å². The fraction of sp³-hybridized carbons (Fsp3) is 1.00. The monoisotopic (exact) mass is 382 g/mol. The van der Waals surface area contributed by atoms with Crippen molar-refractivity contribution in [3.8, 4) is 0 Å². The van der Waals surface area contributed by atoms with Gasteiger partial charge in [0, 0.05) is 0 Å². The Labute approximate surface area is 175 Å². The zero-order valence-electron chi connectivity index (χ0n) is 21.3. The summed E-state index contributed by atoms with van der Waals surface area (Å²) in [4.78, 5) is 0. The Morgan fingerprint density at radius 1 is 0.286 bits per heavy atom. The first-order chi connectivity index (χ1) is 12.4. The second-order valence-corrected chi connectivity index (χ2v) is 14.7. The minimum atomic E-state index is 0.446. The van der Waals surface area contributed by atoms with E-state index in [9.17, 15) is 0 Å². The highest BCUT2D eigenvalue weighted by molar-refractivity contribution is 5.62. The predicted molar refractivity (Wildman–Crippen MR) is 118 cm³/mol. The molecular weight excluding hydrogens is 336 g/mol.